The number of hydrogen-bond donors (Lipinski definition) is 2. The molecule has 0 aromatic heterocycles. The Hall–Kier alpha value is -2.22. The Balaban J connectivity index is 2.76. The van der Waals surface area contributed by atoms with E-state index in [-0.39, 0.29) is 11.4 Å². The smallest absolute Gasteiger partial charge is 0.412 e. The van der Waals surface area contributed by atoms with E-state index in [1.165, 1.54) is 18.2 Å². The van der Waals surface area contributed by atoms with Gasteiger partial charge in [-0.05, 0) is 39.0 Å². The van der Waals surface area contributed by atoms with Gasteiger partial charge >= 0.3 is 6.09 Å². The van der Waals surface area contributed by atoms with Crippen molar-refractivity contribution in [3.05, 3.63) is 23.8 Å². The van der Waals surface area contributed by atoms with Crippen LogP contribution >= 0.6 is 0 Å². The molecule has 0 atom stereocenters. The number of hydrogen-bond acceptors (Lipinski definition) is 4. The van der Waals surface area contributed by atoms with Crippen LogP contribution in [0.5, 0.6) is 5.75 Å². The van der Waals surface area contributed by atoms with Crippen LogP contribution in [-0.2, 0) is 4.74 Å². The number of phenols is 1. The molecule has 1 aromatic carbocycles. The van der Waals surface area contributed by atoms with Gasteiger partial charge in [-0.25, -0.2) is 4.79 Å². The zero-order valence-electron chi connectivity index (χ0n) is 9.94. The molecule has 0 bridgehead atoms. The van der Waals surface area contributed by atoms with Crippen molar-refractivity contribution in [3.63, 3.8) is 0 Å². The Morgan fingerprint density at radius 3 is 2.59 bits per heavy atom. The fraction of sp³-hybridized carbons (Fsp3) is 0.333. The number of nitrogens with one attached hydrogen (secondary N) is 1. The van der Waals surface area contributed by atoms with Crippen molar-refractivity contribution in [3.8, 4) is 11.8 Å². The van der Waals surface area contributed by atoms with Crippen LogP contribution in [-0.4, -0.2) is 16.8 Å². The van der Waals surface area contributed by atoms with Crippen molar-refractivity contribution in [2.75, 3.05) is 5.32 Å². The van der Waals surface area contributed by atoms with E-state index in [0.717, 1.165) is 0 Å². The van der Waals surface area contributed by atoms with Gasteiger partial charge in [0.1, 0.15) is 11.4 Å². The van der Waals surface area contributed by atoms with Gasteiger partial charge in [0.05, 0.1) is 17.3 Å². The van der Waals surface area contributed by atoms with Gasteiger partial charge < -0.3 is 9.84 Å². The molecule has 0 saturated heterocycles. The number of benzene rings is 1. The lowest BCUT2D eigenvalue weighted by Gasteiger charge is -2.19. The van der Waals surface area contributed by atoms with Gasteiger partial charge in [-0.1, -0.05) is 0 Å². The average molecular weight is 234 g/mol. The van der Waals surface area contributed by atoms with Gasteiger partial charge in [0.25, 0.3) is 0 Å². The fourth-order valence-corrected chi connectivity index (χ4v) is 1.12. The van der Waals surface area contributed by atoms with E-state index in [9.17, 15) is 9.90 Å². The minimum absolute atomic E-state index is 0.171. The number of phenolic OH excluding ortho intramolecular Hbond substituents is 1. The number of rotatable bonds is 1. The highest BCUT2D eigenvalue weighted by Crippen LogP contribution is 2.24. The van der Waals surface area contributed by atoms with Crippen molar-refractivity contribution >= 4 is 11.8 Å². The lowest BCUT2D eigenvalue weighted by Crippen LogP contribution is -2.27. The molecule has 0 radical (unpaired) electrons. The molecule has 0 aliphatic carbocycles. The van der Waals surface area contributed by atoms with Crippen LogP contribution in [0.15, 0.2) is 18.2 Å². The summed E-state index contributed by atoms with van der Waals surface area (Å²) in [6.07, 6.45) is -0.655. The predicted molar refractivity (Wildman–Crippen MR) is 62.7 cm³/mol. The van der Waals surface area contributed by atoms with Crippen molar-refractivity contribution < 1.29 is 14.6 Å². The largest absolute Gasteiger partial charge is 0.506 e. The number of nitrogens with zero attached hydrogens (tertiary/aromatic N) is 1. The van der Waals surface area contributed by atoms with Crippen LogP contribution in [0.4, 0.5) is 10.5 Å². The van der Waals surface area contributed by atoms with E-state index in [0.29, 0.717) is 5.56 Å². The number of ether oxygens (including phenoxy) is 1. The standard InChI is InChI=1S/C12H14N2O3/c1-12(2,3)17-11(16)14-9-5-4-8(7-13)6-10(9)15/h4-6,15H,1-3H3,(H,14,16). The Bertz CT molecular complexity index is 470. The van der Waals surface area contributed by atoms with Crippen LogP contribution in [0.25, 0.3) is 0 Å². The molecule has 5 nitrogen and oxygen atoms in total. The zero-order valence-corrected chi connectivity index (χ0v) is 9.94. The van der Waals surface area contributed by atoms with Crippen LogP contribution in [0.1, 0.15) is 26.3 Å². The summed E-state index contributed by atoms with van der Waals surface area (Å²) in [7, 11) is 0. The molecule has 1 amide bonds. The van der Waals surface area contributed by atoms with Crippen LogP contribution in [0.3, 0.4) is 0 Å². The van der Waals surface area contributed by atoms with Crippen LogP contribution in [0, 0.1) is 11.3 Å². The molecule has 1 aromatic rings. The van der Waals surface area contributed by atoms with E-state index in [2.05, 4.69) is 5.32 Å². The summed E-state index contributed by atoms with van der Waals surface area (Å²) < 4.78 is 5.03. The Labute approximate surface area is 99.6 Å². The fourth-order valence-electron chi connectivity index (χ4n) is 1.12. The molecule has 0 heterocycles. The molecule has 0 spiro atoms. The monoisotopic (exact) mass is 234 g/mol. The van der Waals surface area contributed by atoms with Gasteiger partial charge in [-0.3, -0.25) is 5.32 Å². The quantitative estimate of drug-likeness (QED) is 0.732. The maximum Gasteiger partial charge on any atom is 0.412 e. The number of nitriles is 1. The second-order valence-corrected chi connectivity index (χ2v) is 4.47. The lowest BCUT2D eigenvalue weighted by atomic mass is 10.2. The SMILES string of the molecule is CC(C)(C)OC(=O)Nc1ccc(C#N)cc1O. The number of carbonyl (C=O) groups is 1. The first-order chi connectivity index (χ1) is 7.81. The first-order valence-corrected chi connectivity index (χ1v) is 5.05. The van der Waals surface area contributed by atoms with E-state index in [1.807, 2.05) is 6.07 Å². The topological polar surface area (TPSA) is 82.3 Å². The molecule has 1 rings (SSSR count). The van der Waals surface area contributed by atoms with Gasteiger partial charge in [0.15, 0.2) is 0 Å². The number of aromatic hydroxyl groups is 1. The van der Waals surface area contributed by atoms with E-state index in [4.69, 9.17) is 10.00 Å². The predicted octanol–water partition coefficient (Wildman–Crippen LogP) is 2.61. The third kappa shape index (κ3) is 4.03. The molecule has 0 aliphatic rings. The molecule has 2 N–H and O–H groups in total. The molecule has 0 saturated carbocycles. The Kier molecular flexibility index (Phi) is 3.59. The summed E-state index contributed by atoms with van der Waals surface area (Å²) in [4.78, 5) is 11.4. The zero-order chi connectivity index (χ0) is 13.1. The van der Waals surface area contributed by atoms with Crippen molar-refractivity contribution in [1.82, 2.24) is 0 Å². The molecule has 0 fully saturated rings. The van der Waals surface area contributed by atoms with Crippen molar-refractivity contribution in [2.45, 2.75) is 26.4 Å². The third-order valence-corrected chi connectivity index (χ3v) is 1.76. The second kappa shape index (κ2) is 4.74. The molecule has 0 unspecified atom stereocenters. The maximum atomic E-state index is 11.4. The summed E-state index contributed by atoms with van der Waals surface area (Å²) in [6.45, 7) is 5.22. The molecule has 90 valence electrons. The summed E-state index contributed by atoms with van der Waals surface area (Å²) in [5.41, 5.74) is -0.0813. The minimum atomic E-state index is -0.655. The molecule has 5 heteroatoms. The van der Waals surface area contributed by atoms with E-state index >= 15 is 0 Å². The van der Waals surface area contributed by atoms with E-state index in [1.54, 1.807) is 20.8 Å². The molecular weight excluding hydrogens is 220 g/mol. The van der Waals surface area contributed by atoms with Gasteiger partial charge in [-0.2, -0.15) is 5.26 Å². The summed E-state index contributed by atoms with van der Waals surface area (Å²) in [5.74, 6) is -0.171. The summed E-state index contributed by atoms with van der Waals surface area (Å²) >= 11 is 0. The molecular formula is C12H14N2O3. The van der Waals surface area contributed by atoms with E-state index < -0.39 is 11.7 Å². The van der Waals surface area contributed by atoms with Crippen molar-refractivity contribution in [2.24, 2.45) is 0 Å². The number of anilines is 1. The summed E-state index contributed by atoms with van der Waals surface area (Å²) in [5, 5.41) is 20.6. The average Bonchev–Trinajstić information content (AvgIpc) is 2.18. The van der Waals surface area contributed by atoms with Gasteiger partial charge in [0, 0.05) is 0 Å². The number of amides is 1. The van der Waals surface area contributed by atoms with Crippen LogP contribution in [0.2, 0.25) is 0 Å². The highest BCUT2D eigenvalue weighted by Gasteiger charge is 2.17. The summed E-state index contributed by atoms with van der Waals surface area (Å²) in [6, 6.07) is 6.09. The maximum absolute atomic E-state index is 11.4. The molecule has 0 aliphatic heterocycles. The minimum Gasteiger partial charge on any atom is -0.506 e. The Morgan fingerprint density at radius 2 is 2.12 bits per heavy atom. The number of carbonyl (C=O) groups excluding carboxylic acids is 1. The second-order valence-electron chi connectivity index (χ2n) is 4.47. The first kappa shape index (κ1) is 12.8. The normalized spacial score (nSPS) is 10.5. The lowest BCUT2D eigenvalue weighted by molar-refractivity contribution is 0.0635. The van der Waals surface area contributed by atoms with Crippen molar-refractivity contribution in [1.29, 1.82) is 5.26 Å². The highest BCUT2D eigenvalue weighted by atomic mass is 16.6. The highest BCUT2D eigenvalue weighted by molar-refractivity contribution is 5.87. The molecule has 17 heavy (non-hydrogen) atoms. The van der Waals surface area contributed by atoms with Crippen LogP contribution < -0.4 is 5.32 Å². The first-order valence-electron chi connectivity index (χ1n) is 5.05. The van der Waals surface area contributed by atoms with Gasteiger partial charge in [0.2, 0.25) is 0 Å². The Morgan fingerprint density at radius 1 is 1.47 bits per heavy atom. The van der Waals surface area contributed by atoms with Gasteiger partial charge in [-0.15, -0.1) is 0 Å². The third-order valence-electron chi connectivity index (χ3n) is 1.76.